The molecule has 136 valence electrons. The number of anilines is 2. The van der Waals surface area contributed by atoms with Crippen molar-refractivity contribution < 1.29 is 23.1 Å². The summed E-state index contributed by atoms with van der Waals surface area (Å²) in [5, 5.41) is 9.76. The van der Waals surface area contributed by atoms with Crippen molar-refractivity contribution in [3.8, 4) is 0 Å². The average molecular weight is 355 g/mol. The van der Waals surface area contributed by atoms with E-state index in [1.807, 2.05) is 0 Å². The smallest absolute Gasteiger partial charge is 0.414 e. The number of nitrogens with one attached hydrogen (secondary N) is 2. The highest BCUT2D eigenvalue weighted by molar-refractivity contribution is 5.90. The Balaban J connectivity index is 2.22. The zero-order chi connectivity index (χ0) is 18.6. The number of nitrogens with zero attached hydrogens (tertiary/aromatic N) is 2. The number of nitrogens with two attached hydrogens (primary N) is 1. The van der Waals surface area contributed by atoms with Crippen LogP contribution in [-0.2, 0) is 9.53 Å². The van der Waals surface area contributed by atoms with Crippen LogP contribution < -0.4 is 20.9 Å². The van der Waals surface area contributed by atoms with Crippen LogP contribution in [0, 0.1) is 17.0 Å². The van der Waals surface area contributed by atoms with E-state index in [1.165, 1.54) is 6.92 Å². The number of amides is 2. The molecule has 1 aliphatic rings. The van der Waals surface area contributed by atoms with Crippen molar-refractivity contribution in [2.45, 2.75) is 13.0 Å². The number of halogens is 2. The van der Waals surface area contributed by atoms with Gasteiger partial charge in [-0.1, -0.05) is 0 Å². The fraction of sp³-hybridized carbons (Fsp3) is 0.400. The molecule has 1 aliphatic heterocycles. The molecule has 0 radical (unpaired) electrons. The molecule has 2 rings (SSSR count). The second-order valence-corrected chi connectivity index (χ2v) is 5.42. The molecule has 4 N–H and O–H groups in total. The first-order valence-electron chi connectivity index (χ1n) is 7.56. The summed E-state index contributed by atoms with van der Waals surface area (Å²) in [6.45, 7) is 1.67. The van der Waals surface area contributed by atoms with Gasteiger partial charge in [0.25, 0.3) is 0 Å². The Morgan fingerprint density at radius 1 is 1.52 bits per heavy atom. The average Bonchev–Trinajstić information content (AvgIpc) is 2.92. The Kier molecular flexibility index (Phi) is 5.86. The third-order valence-electron chi connectivity index (χ3n) is 3.58. The molecule has 2 amide bonds. The van der Waals surface area contributed by atoms with Gasteiger partial charge < -0.3 is 20.7 Å². The summed E-state index contributed by atoms with van der Waals surface area (Å²) in [5.41, 5.74) is 4.95. The van der Waals surface area contributed by atoms with Crippen LogP contribution in [-0.4, -0.2) is 50.6 Å². The SMILES string of the molecule is CC(=O)NCC1CN(c2cc(F)c(N(C=N)CCN)c(F)c2)C(=O)O1. The molecule has 1 atom stereocenters. The van der Waals surface area contributed by atoms with Gasteiger partial charge in [-0.2, -0.15) is 0 Å². The van der Waals surface area contributed by atoms with E-state index in [4.69, 9.17) is 15.9 Å². The Labute approximate surface area is 143 Å². The highest BCUT2D eigenvalue weighted by Crippen LogP contribution is 2.30. The van der Waals surface area contributed by atoms with Crippen LogP contribution in [0.2, 0.25) is 0 Å². The number of hydrogen-bond donors (Lipinski definition) is 3. The lowest BCUT2D eigenvalue weighted by molar-refractivity contribution is -0.119. The van der Waals surface area contributed by atoms with Crippen molar-refractivity contribution in [1.82, 2.24) is 5.32 Å². The van der Waals surface area contributed by atoms with E-state index >= 15 is 0 Å². The van der Waals surface area contributed by atoms with Crippen molar-refractivity contribution in [3.05, 3.63) is 23.8 Å². The first-order chi connectivity index (χ1) is 11.9. The van der Waals surface area contributed by atoms with E-state index < -0.39 is 29.5 Å². The molecule has 1 fully saturated rings. The summed E-state index contributed by atoms with van der Waals surface area (Å²) in [5.74, 6) is -2.13. The number of benzene rings is 1. The zero-order valence-corrected chi connectivity index (χ0v) is 13.6. The largest absolute Gasteiger partial charge is 0.442 e. The minimum absolute atomic E-state index is 0.00764. The van der Waals surface area contributed by atoms with Crippen LogP contribution in [0.3, 0.4) is 0 Å². The molecule has 10 heteroatoms. The van der Waals surface area contributed by atoms with Gasteiger partial charge in [0, 0.05) is 32.1 Å². The lowest BCUT2D eigenvalue weighted by atomic mass is 10.2. The van der Waals surface area contributed by atoms with Gasteiger partial charge in [-0.15, -0.1) is 0 Å². The first kappa shape index (κ1) is 18.6. The standard InChI is InChI=1S/C15H19F2N5O3/c1-9(23)20-6-11-7-22(15(24)25-11)10-4-12(16)14(13(17)5-10)21(8-19)3-2-18/h4-5,8,11,19H,2-3,6-7,18H2,1H3,(H,20,23). The van der Waals surface area contributed by atoms with Gasteiger partial charge in [-0.3, -0.25) is 15.1 Å². The molecular weight excluding hydrogens is 336 g/mol. The fourth-order valence-electron chi connectivity index (χ4n) is 2.46. The third kappa shape index (κ3) is 4.21. The van der Waals surface area contributed by atoms with Gasteiger partial charge in [-0.05, 0) is 0 Å². The zero-order valence-electron chi connectivity index (χ0n) is 13.6. The van der Waals surface area contributed by atoms with Crippen LogP contribution in [0.1, 0.15) is 6.92 Å². The minimum Gasteiger partial charge on any atom is -0.442 e. The normalized spacial score (nSPS) is 16.6. The molecule has 25 heavy (non-hydrogen) atoms. The highest BCUT2D eigenvalue weighted by Gasteiger charge is 2.33. The predicted octanol–water partition coefficient (Wildman–Crippen LogP) is 0.798. The van der Waals surface area contributed by atoms with Gasteiger partial charge >= 0.3 is 6.09 Å². The Bertz CT molecular complexity index is 662. The van der Waals surface area contributed by atoms with Crippen LogP contribution in [0.4, 0.5) is 25.0 Å². The third-order valence-corrected chi connectivity index (χ3v) is 3.58. The molecule has 0 aromatic heterocycles. The van der Waals surface area contributed by atoms with E-state index in [1.54, 1.807) is 0 Å². The van der Waals surface area contributed by atoms with Gasteiger partial charge in [0.2, 0.25) is 5.91 Å². The van der Waals surface area contributed by atoms with Gasteiger partial charge in [0.05, 0.1) is 25.1 Å². The molecule has 0 saturated carbocycles. The molecule has 1 aromatic rings. The van der Waals surface area contributed by atoms with Crippen LogP contribution in [0.5, 0.6) is 0 Å². The summed E-state index contributed by atoms with van der Waals surface area (Å²) in [4.78, 5) is 24.9. The summed E-state index contributed by atoms with van der Waals surface area (Å²) in [6.07, 6.45) is -0.591. The monoisotopic (exact) mass is 355 g/mol. The number of carbonyl (C=O) groups excluding carboxylic acids is 2. The molecule has 1 aromatic carbocycles. The second-order valence-electron chi connectivity index (χ2n) is 5.42. The minimum atomic E-state index is -0.926. The van der Waals surface area contributed by atoms with Crippen LogP contribution in [0.15, 0.2) is 12.1 Å². The first-order valence-corrected chi connectivity index (χ1v) is 7.56. The van der Waals surface area contributed by atoms with E-state index in [9.17, 15) is 18.4 Å². The quantitative estimate of drug-likeness (QED) is 0.495. The van der Waals surface area contributed by atoms with E-state index in [2.05, 4.69) is 5.32 Å². The summed E-state index contributed by atoms with van der Waals surface area (Å²) >= 11 is 0. The lowest BCUT2D eigenvalue weighted by Gasteiger charge is -2.21. The van der Waals surface area contributed by atoms with E-state index in [0.29, 0.717) is 0 Å². The number of hydrogen-bond acceptors (Lipinski definition) is 5. The number of rotatable bonds is 7. The van der Waals surface area contributed by atoms with E-state index in [-0.39, 0.29) is 37.8 Å². The maximum atomic E-state index is 14.3. The molecule has 0 aliphatic carbocycles. The molecule has 1 heterocycles. The van der Waals surface area contributed by atoms with E-state index in [0.717, 1.165) is 28.3 Å². The second kappa shape index (κ2) is 7.88. The van der Waals surface area contributed by atoms with Gasteiger partial charge in [-0.25, -0.2) is 13.6 Å². The summed E-state index contributed by atoms with van der Waals surface area (Å²) in [6, 6.07) is 1.99. The van der Waals surface area contributed by atoms with Gasteiger partial charge in [0.1, 0.15) is 11.8 Å². The lowest BCUT2D eigenvalue weighted by Crippen LogP contribution is -2.33. The molecule has 0 bridgehead atoms. The maximum absolute atomic E-state index is 14.3. The fourth-order valence-corrected chi connectivity index (χ4v) is 2.46. The topological polar surface area (TPSA) is 112 Å². The molecule has 1 saturated heterocycles. The van der Waals surface area contributed by atoms with Crippen molar-refractivity contribution in [2.75, 3.05) is 36.0 Å². The summed E-state index contributed by atoms with van der Waals surface area (Å²) in [7, 11) is 0. The van der Waals surface area contributed by atoms with Crippen molar-refractivity contribution in [2.24, 2.45) is 5.73 Å². The highest BCUT2D eigenvalue weighted by atomic mass is 19.1. The van der Waals surface area contributed by atoms with Gasteiger partial charge in [0.15, 0.2) is 11.6 Å². The Hall–Kier alpha value is -2.75. The Morgan fingerprint density at radius 2 is 2.16 bits per heavy atom. The predicted molar refractivity (Wildman–Crippen MR) is 87.8 cm³/mol. The Morgan fingerprint density at radius 3 is 2.68 bits per heavy atom. The number of ether oxygens (including phenoxy) is 1. The van der Waals surface area contributed by atoms with Crippen molar-refractivity contribution in [1.29, 1.82) is 5.41 Å². The molecular formula is C15H19F2N5O3. The number of cyclic esters (lactones) is 1. The van der Waals surface area contributed by atoms with Crippen LogP contribution >= 0.6 is 0 Å². The van der Waals surface area contributed by atoms with Crippen molar-refractivity contribution >= 4 is 29.7 Å². The molecule has 0 spiro atoms. The maximum Gasteiger partial charge on any atom is 0.414 e. The summed E-state index contributed by atoms with van der Waals surface area (Å²) < 4.78 is 33.7. The van der Waals surface area contributed by atoms with Crippen molar-refractivity contribution in [3.63, 3.8) is 0 Å². The van der Waals surface area contributed by atoms with Crippen LogP contribution in [0.25, 0.3) is 0 Å². The molecule has 8 nitrogen and oxygen atoms in total. The number of carbonyl (C=O) groups is 2. The molecule has 1 unspecified atom stereocenters.